The molecule has 0 spiro atoms. The summed E-state index contributed by atoms with van der Waals surface area (Å²) >= 11 is 0. The Morgan fingerprint density at radius 2 is 0.829 bits per heavy atom. The van der Waals surface area contributed by atoms with Gasteiger partial charge in [0.15, 0.2) is 0 Å². The van der Waals surface area contributed by atoms with E-state index in [4.69, 9.17) is 9.97 Å². The summed E-state index contributed by atoms with van der Waals surface area (Å²) in [6.45, 7) is 0. The van der Waals surface area contributed by atoms with Gasteiger partial charge >= 0.3 is 0 Å². The summed E-state index contributed by atoms with van der Waals surface area (Å²) in [7, 11) is 0. The fraction of sp³-hybridized carbons (Fsp3) is 0. The largest absolute Gasteiger partial charge is 0.354 e. The Morgan fingerprint density at radius 3 is 1.29 bits per heavy atom. The number of nitrogens with one attached hydrogen (secondary N) is 3. The first-order chi connectivity index (χ1) is 20.3. The first-order valence-electron chi connectivity index (χ1n) is 13.7. The molecular formula is C36H25N5. The van der Waals surface area contributed by atoms with Crippen molar-refractivity contribution in [3.05, 3.63) is 132 Å². The third kappa shape index (κ3) is 4.30. The van der Waals surface area contributed by atoms with Crippen molar-refractivity contribution in [1.29, 1.82) is 0 Å². The smallest absolute Gasteiger partial charge is 0.0736 e. The highest BCUT2D eigenvalue weighted by atomic mass is 14.8. The lowest BCUT2D eigenvalue weighted by atomic mass is 10.0. The number of aromatic nitrogens is 5. The van der Waals surface area contributed by atoms with Gasteiger partial charge in [0.25, 0.3) is 0 Å². The summed E-state index contributed by atoms with van der Waals surface area (Å²) in [6.07, 6.45) is 8.33. The summed E-state index contributed by atoms with van der Waals surface area (Å²) in [4.78, 5) is 20.9. The van der Waals surface area contributed by atoms with Crippen molar-refractivity contribution in [2.75, 3.05) is 0 Å². The number of hydrogen-bond acceptors (Lipinski definition) is 2. The maximum Gasteiger partial charge on any atom is 0.0736 e. The van der Waals surface area contributed by atoms with Crippen LogP contribution >= 0.6 is 0 Å². The first kappa shape index (κ1) is 23.2. The fourth-order valence-electron chi connectivity index (χ4n) is 5.60. The Labute approximate surface area is 236 Å². The zero-order chi connectivity index (χ0) is 27.2. The Balaban J connectivity index is 1.51. The van der Waals surface area contributed by atoms with Gasteiger partial charge in [-0.1, -0.05) is 60.7 Å². The van der Waals surface area contributed by atoms with Crippen LogP contribution in [0.5, 0.6) is 0 Å². The summed E-state index contributed by atoms with van der Waals surface area (Å²) in [5.41, 5.74) is 14.0. The number of fused-ring (bicyclic) bond motifs is 11. The number of hydrogen-bond donors (Lipinski definition) is 3. The van der Waals surface area contributed by atoms with Gasteiger partial charge in [-0.05, 0) is 84.0 Å². The predicted octanol–water partition coefficient (Wildman–Crippen LogP) is 9.03. The van der Waals surface area contributed by atoms with Crippen molar-refractivity contribution in [3.63, 3.8) is 0 Å². The van der Waals surface area contributed by atoms with E-state index in [1.165, 1.54) is 0 Å². The normalized spacial score (nSPS) is 12.2. The highest BCUT2D eigenvalue weighted by Crippen LogP contribution is 2.33. The quantitative estimate of drug-likeness (QED) is 0.210. The minimum Gasteiger partial charge on any atom is -0.354 e. The summed E-state index contributed by atoms with van der Waals surface area (Å²) in [5, 5.41) is 0. The second-order valence-corrected chi connectivity index (χ2v) is 10.2. The maximum absolute atomic E-state index is 5.05. The van der Waals surface area contributed by atoms with Gasteiger partial charge < -0.3 is 15.0 Å². The van der Waals surface area contributed by atoms with Crippen LogP contribution in [0.2, 0.25) is 0 Å². The van der Waals surface area contributed by atoms with Gasteiger partial charge in [-0.3, -0.25) is 0 Å². The van der Waals surface area contributed by atoms with Crippen LogP contribution in [0.25, 0.3) is 79.7 Å². The fourth-order valence-corrected chi connectivity index (χ4v) is 5.60. The second kappa shape index (κ2) is 9.50. The Bertz CT molecular complexity index is 2040. The molecular weight excluding hydrogens is 502 g/mol. The molecule has 3 N–H and O–H groups in total. The van der Waals surface area contributed by atoms with E-state index in [2.05, 4.69) is 136 Å². The first-order valence-corrected chi connectivity index (χ1v) is 13.7. The molecule has 5 heteroatoms. The van der Waals surface area contributed by atoms with Crippen molar-refractivity contribution >= 4 is 57.4 Å². The highest BCUT2D eigenvalue weighted by molar-refractivity contribution is 5.95. The molecule has 8 rings (SSSR count). The molecule has 2 aliphatic rings. The lowest BCUT2D eigenvalue weighted by Crippen LogP contribution is -1.86. The number of benzene rings is 2. The lowest BCUT2D eigenvalue weighted by Gasteiger charge is -2.05. The van der Waals surface area contributed by atoms with Crippen LogP contribution in [0.15, 0.2) is 109 Å². The van der Waals surface area contributed by atoms with Gasteiger partial charge in [0.05, 0.1) is 33.8 Å². The van der Waals surface area contributed by atoms with E-state index in [9.17, 15) is 0 Å². The molecule has 6 heterocycles. The molecule has 5 nitrogen and oxygen atoms in total. The molecule has 0 unspecified atom stereocenters. The summed E-state index contributed by atoms with van der Waals surface area (Å²) in [5.74, 6) is 0. The Kier molecular flexibility index (Phi) is 5.38. The molecule has 0 saturated carbocycles. The number of H-pyrrole nitrogens is 3. The Hall–Kier alpha value is -5.68. The molecule has 194 valence electrons. The summed E-state index contributed by atoms with van der Waals surface area (Å²) < 4.78 is 0. The molecule has 0 atom stereocenters. The molecule has 0 fully saturated rings. The van der Waals surface area contributed by atoms with Gasteiger partial charge in [-0.15, -0.1) is 0 Å². The van der Waals surface area contributed by atoms with Crippen LogP contribution < -0.4 is 0 Å². The molecule has 0 aliphatic carbocycles. The van der Waals surface area contributed by atoms with E-state index >= 15 is 0 Å². The molecule has 4 aromatic heterocycles. The number of rotatable bonds is 2. The lowest BCUT2D eigenvalue weighted by molar-refractivity contribution is 1.32. The van der Waals surface area contributed by atoms with Crippen LogP contribution in [-0.4, -0.2) is 24.9 Å². The topological polar surface area (TPSA) is 73.2 Å². The minimum absolute atomic E-state index is 0.900. The predicted molar refractivity (Wildman–Crippen MR) is 170 cm³/mol. The van der Waals surface area contributed by atoms with Crippen molar-refractivity contribution in [2.24, 2.45) is 0 Å². The molecule has 41 heavy (non-hydrogen) atoms. The third-order valence-corrected chi connectivity index (χ3v) is 7.50. The third-order valence-electron chi connectivity index (χ3n) is 7.50. The van der Waals surface area contributed by atoms with E-state index in [0.29, 0.717) is 0 Å². The van der Waals surface area contributed by atoms with Gasteiger partial charge in [0.2, 0.25) is 0 Å². The molecule has 2 aliphatic heterocycles. The molecule has 0 saturated heterocycles. The Morgan fingerprint density at radius 1 is 0.390 bits per heavy atom. The average Bonchev–Trinajstić information content (AvgIpc) is 3.84. The molecule has 10 bridgehead atoms. The van der Waals surface area contributed by atoms with Crippen LogP contribution in [-0.2, 0) is 0 Å². The highest BCUT2D eigenvalue weighted by Gasteiger charge is 2.14. The molecule has 2 aromatic carbocycles. The molecule has 0 radical (unpaired) electrons. The van der Waals surface area contributed by atoms with Crippen LogP contribution in [0.1, 0.15) is 22.8 Å². The van der Waals surface area contributed by atoms with Gasteiger partial charge in [-0.2, -0.15) is 0 Å². The second-order valence-electron chi connectivity index (χ2n) is 10.2. The van der Waals surface area contributed by atoms with Gasteiger partial charge in [0, 0.05) is 33.2 Å². The van der Waals surface area contributed by atoms with E-state index < -0.39 is 0 Å². The van der Waals surface area contributed by atoms with E-state index in [0.717, 1.165) is 78.1 Å². The van der Waals surface area contributed by atoms with E-state index in [1.807, 2.05) is 12.1 Å². The van der Waals surface area contributed by atoms with E-state index in [-0.39, 0.29) is 0 Å². The SMILES string of the molecule is C1=Cc2nc1cc1ccc([nH]1)c1ccc(cc3nc(c(-c4ccccc4)c4ccc([nH]4)c2-c2ccccc2)C=C3)[nH]1. The molecule has 6 aromatic rings. The molecule has 0 amide bonds. The number of aromatic amines is 3. The zero-order valence-corrected chi connectivity index (χ0v) is 22.1. The average molecular weight is 528 g/mol. The van der Waals surface area contributed by atoms with Crippen molar-refractivity contribution in [2.45, 2.75) is 0 Å². The van der Waals surface area contributed by atoms with Gasteiger partial charge in [0.1, 0.15) is 0 Å². The standard InChI is InChI=1S/C36H25N5/c1-3-7-23(8-4-1)35-31-17-13-27(39-31)21-25-11-15-29(37-25)30-16-12-26(38-30)22-28-14-18-32(40-28)36(24-9-5-2-6-10-24)34-20-19-33(35)41-34/h1-22,37-38,41H. The van der Waals surface area contributed by atoms with Gasteiger partial charge in [-0.25, -0.2) is 9.97 Å². The van der Waals surface area contributed by atoms with E-state index in [1.54, 1.807) is 0 Å². The van der Waals surface area contributed by atoms with Crippen molar-refractivity contribution < 1.29 is 0 Å². The number of nitrogens with zero attached hydrogens (tertiary/aromatic N) is 2. The van der Waals surface area contributed by atoms with Crippen LogP contribution in [0.3, 0.4) is 0 Å². The maximum atomic E-state index is 5.05. The van der Waals surface area contributed by atoms with Crippen molar-refractivity contribution in [3.8, 4) is 22.3 Å². The van der Waals surface area contributed by atoms with Crippen molar-refractivity contribution in [1.82, 2.24) is 24.9 Å². The van der Waals surface area contributed by atoms with Crippen LogP contribution in [0, 0.1) is 0 Å². The minimum atomic E-state index is 0.900. The summed E-state index contributed by atoms with van der Waals surface area (Å²) in [6, 6.07) is 37.7. The zero-order valence-electron chi connectivity index (χ0n) is 22.1. The van der Waals surface area contributed by atoms with Crippen LogP contribution in [0.4, 0.5) is 0 Å². The monoisotopic (exact) mass is 527 g/mol.